The van der Waals surface area contributed by atoms with Gasteiger partial charge in [0.25, 0.3) is 0 Å². The van der Waals surface area contributed by atoms with Crippen molar-refractivity contribution in [3.8, 4) is 16.9 Å². The number of hydrogen-bond acceptors (Lipinski definition) is 2. The minimum Gasteiger partial charge on any atom is -0.433 e. The highest BCUT2D eigenvalue weighted by Gasteiger charge is 2.09. The van der Waals surface area contributed by atoms with Gasteiger partial charge in [0, 0.05) is 0 Å². The number of anilines is 1. The van der Waals surface area contributed by atoms with Crippen molar-refractivity contribution in [2.75, 3.05) is 5.73 Å². The first-order chi connectivity index (χ1) is 8.97. The standard InChI is InChI=1S/C15H15F2NO/c1-9-3-4-11(7-10(9)2)12-5-6-14(13(18)8-12)19-15(16)17/h3-8,15H,18H2,1-2H3. The maximum atomic E-state index is 12.1. The number of ether oxygens (including phenoxy) is 1. The van der Waals surface area contributed by atoms with E-state index in [1.165, 1.54) is 17.2 Å². The average Bonchev–Trinajstić information content (AvgIpc) is 2.35. The van der Waals surface area contributed by atoms with Crippen LogP contribution in [0.3, 0.4) is 0 Å². The van der Waals surface area contributed by atoms with Crippen molar-refractivity contribution in [1.82, 2.24) is 0 Å². The zero-order chi connectivity index (χ0) is 14.0. The van der Waals surface area contributed by atoms with Gasteiger partial charge in [-0.15, -0.1) is 0 Å². The molecule has 0 fully saturated rings. The maximum Gasteiger partial charge on any atom is 0.387 e. The first-order valence-electron chi connectivity index (χ1n) is 5.89. The quantitative estimate of drug-likeness (QED) is 0.844. The summed E-state index contributed by atoms with van der Waals surface area (Å²) in [5, 5.41) is 0. The number of nitrogens with two attached hydrogens (primary N) is 1. The summed E-state index contributed by atoms with van der Waals surface area (Å²) in [5.41, 5.74) is 10.2. The van der Waals surface area contributed by atoms with Crippen LogP contribution in [-0.2, 0) is 0 Å². The van der Waals surface area contributed by atoms with Gasteiger partial charge in [0.15, 0.2) is 0 Å². The van der Waals surface area contributed by atoms with E-state index < -0.39 is 6.61 Å². The van der Waals surface area contributed by atoms with Gasteiger partial charge in [-0.3, -0.25) is 0 Å². The SMILES string of the molecule is Cc1ccc(-c2ccc(OC(F)F)c(N)c2)cc1C. The molecule has 0 heterocycles. The summed E-state index contributed by atoms with van der Waals surface area (Å²) in [6.07, 6.45) is 0. The molecule has 0 bridgehead atoms. The molecule has 0 amide bonds. The van der Waals surface area contributed by atoms with Gasteiger partial charge in [0.1, 0.15) is 5.75 Å². The van der Waals surface area contributed by atoms with Crippen LogP contribution in [0.15, 0.2) is 36.4 Å². The third kappa shape index (κ3) is 3.02. The Morgan fingerprint density at radius 3 is 2.16 bits per heavy atom. The van der Waals surface area contributed by atoms with Gasteiger partial charge < -0.3 is 10.5 Å². The Bertz CT molecular complexity index is 597. The molecule has 0 aliphatic rings. The average molecular weight is 263 g/mol. The molecule has 0 saturated carbocycles. The van der Waals surface area contributed by atoms with Gasteiger partial charge >= 0.3 is 6.61 Å². The Morgan fingerprint density at radius 2 is 1.58 bits per heavy atom. The van der Waals surface area contributed by atoms with E-state index in [1.807, 2.05) is 32.0 Å². The van der Waals surface area contributed by atoms with Crippen molar-refractivity contribution >= 4 is 5.69 Å². The molecule has 0 radical (unpaired) electrons. The molecule has 100 valence electrons. The summed E-state index contributed by atoms with van der Waals surface area (Å²) in [6.45, 7) is 1.19. The molecule has 2 N–H and O–H groups in total. The van der Waals surface area contributed by atoms with E-state index in [4.69, 9.17) is 5.73 Å². The molecule has 0 aliphatic heterocycles. The van der Waals surface area contributed by atoms with Gasteiger partial charge in [-0.2, -0.15) is 8.78 Å². The van der Waals surface area contributed by atoms with Crippen molar-refractivity contribution in [1.29, 1.82) is 0 Å². The Morgan fingerprint density at radius 1 is 0.947 bits per heavy atom. The minimum atomic E-state index is -2.87. The fourth-order valence-electron chi connectivity index (χ4n) is 1.85. The number of alkyl halides is 2. The van der Waals surface area contributed by atoms with E-state index in [-0.39, 0.29) is 11.4 Å². The van der Waals surface area contributed by atoms with Gasteiger partial charge in [0.2, 0.25) is 0 Å². The Kier molecular flexibility index (Phi) is 3.69. The van der Waals surface area contributed by atoms with E-state index in [0.29, 0.717) is 0 Å². The van der Waals surface area contributed by atoms with Crippen LogP contribution in [0.1, 0.15) is 11.1 Å². The molecular weight excluding hydrogens is 248 g/mol. The number of hydrogen-bond donors (Lipinski definition) is 1. The van der Waals surface area contributed by atoms with E-state index in [2.05, 4.69) is 4.74 Å². The summed E-state index contributed by atoms with van der Waals surface area (Å²) >= 11 is 0. The highest BCUT2D eigenvalue weighted by atomic mass is 19.3. The number of benzene rings is 2. The molecular formula is C15H15F2NO. The highest BCUT2D eigenvalue weighted by Crippen LogP contribution is 2.30. The molecule has 0 unspecified atom stereocenters. The smallest absolute Gasteiger partial charge is 0.387 e. The summed E-state index contributed by atoms with van der Waals surface area (Å²) in [4.78, 5) is 0. The molecule has 0 saturated heterocycles. The summed E-state index contributed by atoms with van der Waals surface area (Å²) in [6, 6.07) is 10.9. The van der Waals surface area contributed by atoms with Crippen LogP contribution in [0.4, 0.5) is 14.5 Å². The Balaban J connectivity index is 2.36. The predicted octanol–water partition coefficient (Wildman–Crippen LogP) is 4.15. The molecule has 0 atom stereocenters. The number of aryl methyl sites for hydroxylation is 2. The highest BCUT2D eigenvalue weighted by molar-refractivity contribution is 5.71. The Labute approximate surface area is 110 Å². The van der Waals surface area contributed by atoms with E-state index >= 15 is 0 Å². The van der Waals surface area contributed by atoms with Gasteiger partial charge in [-0.25, -0.2) is 0 Å². The lowest BCUT2D eigenvalue weighted by Crippen LogP contribution is -2.04. The fraction of sp³-hybridized carbons (Fsp3) is 0.200. The first kappa shape index (κ1) is 13.3. The van der Waals surface area contributed by atoms with Crippen LogP contribution in [0.2, 0.25) is 0 Å². The second kappa shape index (κ2) is 5.26. The molecule has 2 aromatic rings. The monoisotopic (exact) mass is 263 g/mol. The summed E-state index contributed by atoms with van der Waals surface area (Å²) in [5.74, 6) is 0.00239. The first-order valence-corrected chi connectivity index (χ1v) is 5.89. The topological polar surface area (TPSA) is 35.2 Å². The van der Waals surface area contributed by atoms with Crippen LogP contribution in [-0.4, -0.2) is 6.61 Å². The summed E-state index contributed by atoms with van der Waals surface area (Å²) in [7, 11) is 0. The second-order valence-electron chi connectivity index (χ2n) is 4.43. The van der Waals surface area contributed by atoms with Gasteiger partial charge in [0.05, 0.1) is 5.69 Å². The van der Waals surface area contributed by atoms with Crippen molar-refractivity contribution < 1.29 is 13.5 Å². The van der Waals surface area contributed by atoms with Gasteiger partial charge in [-0.1, -0.05) is 24.3 Å². The molecule has 4 heteroatoms. The Hall–Kier alpha value is -2.10. The van der Waals surface area contributed by atoms with Crippen LogP contribution < -0.4 is 10.5 Å². The summed E-state index contributed by atoms with van der Waals surface area (Å²) < 4.78 is 28.6. The molecule has 0 spiro atoms. The predicted molar refractivity (Wildman–Crippen MR) is 72.4 cm³/mol. The van der Waals surface area contributed by atoms with Crippen molar-refractivity contribution in [3.05, 3.63) is 47.5 Å². The number of halogens is 2. The lowest BCUT2D eigenvalue weighted by atomic mass is 10.00. The van der Waals surface area contributed by atoms with E-state index in [9.17, 15) is 8.78 Å². The third-order valence-electron chi connectivity index (χ3n) is 3.07. The van der Waals surface area contributed by atoms with E-state index in [0.717, 1.165) is 11.1 Å². The molecule has 0 aliphatic carbocycles. The number of nitrogen functional groups attached to an aromatic ring is 1. The maximum absolute atomic E-state index is 12.1. The lowest BCUT2D eigenvalue weighted by Gasteiger charge is -2.10. The normalized spacial score (nSPS) is 10.8. The zero-order valence-electron chi connectivity index (χ0n) is 10.8. The van der Waals surface area contributed by atoms with Gasteiger partial charge in [-0.05, 0) is 48.2 Å². The molecule has 2 aromatic carbocycles. The molecule has 19 heavy (non-hydrogen) atoms. The van der Waals surface area contributed by atoms with Crippen LogP contribution in [0.5, 0.6) is 5.75 Å². The second-order valence-corrected chi connectivity index (χ2v) is 4.43. The third-order valence-corrected chi connectivity index (χ3v) is 3.07. The lowest BCUT2D eigenvalue weighted by molar-refractivity contribution is -0.0493. The largest absolute Gasteiger partial charge is 0.433 e. The van der Waals surface area contributed by atoms with Crippen molar-refractivity contribution in [2.24, 2.45) is 0 Å². The van der Waals surface area contributed by atoms with Crippen molar-refractivity contribution in [2.45, 2.75) is 20.5 Å². The van der Waals surface area contributed by atoms with Crippen LogP contribution >= 0.6 is 0 Å². The molecule has 0 aromatic heterocycles. The van der Waals surface area contributed by atoms with Crippen LogP contribution in [0, 0.1) is 13.8 Å². The zero-order valence-corrected chi connectivity index (χ0v) is 10.8. The van der Waals surface area contributed by atoms with Crippen LogP contribution in [0.25, 0.3) is 11.1 Å². The molecule has 2 rings (SSSR count). The van der Waals surface area contributed by atoms with Crippen molar-refractivity contribution in [3.63, 3.8) is 0 Å². The van der Waals surface area contributed by atoms with E-state index in [1.54, 1.807) is 12.1 Å². The molecule has 2 nitrogen and oxygen atoms in total. The minimum absolute atomic E-state index is 0.00239. The number of rotatable bonds is 3. The fourth-order valence-corrected chi connectivity index (χ4v) is 1.85.